The van der Waals surface area contributed by atoms with Crippen LogP contribution in [0.3, 0.4) is 0 Å². The van der Waals surface area contributed by atoms with Crippen molar-refractivity contribution in [2.24, 2.45) is 0 Å². The number of amides is 1. The molecule has 3 heteroatoms. The molecule has 0 unspecified atom stereocenters. The lowest BCUT2D eigenvalue weighted by Crippen LogP contribution is -2.31. The number of methoxy groups -OCH3 is 1. The summed E-state index contributed by atoms with van der Waals surface area (Å²) in [6.07, 6.45) is 0.420. The summed E-state index contributed by atoms with van der Waals surface area (Å²) in [7, 11) is 1.64. The summed E-state index contributed by atoms with van der Waals surface area (Å²) in [6, 6.07) is 15.9. The molecular weight excluding hydrogens is 274 g/mol. The van der Waals surface area contributed by atoms with Crippen molar-refractivity contribution in [3.8, 4) is 5.75 Å². The number of benzene rings is 2. The Hall–Kier alpha value is -2.29. The van der Waals surface area contributed by atoms with E-state index in [0.29, 0.717) is 19.5 Å². The molecule has 0 fully saturated rings. The Morgan fingerprint density at radius 3 is 2.36 bits per heavy atom. The molecule has 0 aromatic heterocycles. The van der Waals surface area contributed by atoms with E-state index in [1.807, 2.05) is 48.2 Å². The number of hydrogen-bond acceptors (Lipinski definition) is 2. The average molecular weight is 297 g/mol. The van der Waals surface area contributed by atoms with Crippen LogP contribution in [-0.2, 0) is 17.8 Å². The molecule has 0 saturated carbocycles. The SMILES string of the molecule is CCN(Cc1ccccc1C)C(=O)Cc1ccc(OC)cc1. The Kier molecular flexibility index (Phi) is 5.59. The van der Waals surface area contributed by atoms with E-state index in [2.05, 4.69) is 19.1 Å². The van der Waals surface area contributed by atoms with Gasteiger partial charge in [0.05, 0.1) is 13.5 Å². The molecule has 0 aliphatic rings. The van der Waals surface area contributed by atoms with Gasteiger partial charge in [0.2, 0.25) is 5.91 Å². The van der Waals surface area contributed by atoms with E-state index in [1.165, 1.54) is 11.1 Å². The van der Waals surface area contributed by atoms with E-state index in [9.17, 15) is 4.79 Å². The van der Waals surface area contributed by atoms with Gasteiger partial charge in [0.25, 0.3) is 0 Å². The van der Waals surface area contributed by atoms with E-state index in [1.54, 1.807) is 7.11 Å². The van der Waals surface area contributed by atoms with Crippen LogP contribution in [0.15, 0.2) is 48.5 Å². The molecule has 0 saturated heterocycles. The predicted octanol–water partition coefficient (Wildman–Crippen LogP) is 3.59. The van der Waals surface area contributed by atoms with Crippen molar-refractivity contribution in [1.82, 2.24) is 4.90 Å². The monoisotopic (exact) mass is 297 g/mol. The smallest absolute Gasteiger partial charge is 0.227 e. The lowest BCUT2D eigenvalue weighted by Gasteiger charge is -2.22. The highest BCUT2D eigenvalue weighted by Gasteiger charge is 2.13. The molecule has 116 valence electrons. The maximum absolute atomic E-state index is 12.5. The quantitative estimate of drug-likeness (QED) is 0.815. The molecule has 0 radical (unpaired) electrons. The predicted molar refractivity (Wildman–Crippen MR) is 89.0 cm³/mol. The first-order valence-electron chi connectivity index (χ1n) is 7.59. The fourth-order valence-electron chi connectivity index (χ4n) is 2.40. The minimum absolute atomic E-state index is 0.149. The Bertz CT molecular complexity index is 620. The number of ether oxygens (including phenoxy) is 1. The van der Waals surface area contributed by atoms with Gasteiger partial charge in [0.15, 0.2) is 0 Å². The minimum Gasteiger partial charge on any atom is -0.497 e. The van der Waals surface area contributed by atoms with Gasteiger partial charge in [-0.2, -0.15) is 0 Å². The van der Waals surface area contributed by atoms with Crippen LogP contribution in [0.2, 0.25) is 0 Å². The zero-order valence-electron chi connectivity index (χ0n) is 13.5. The van der Waals surface area contributed by atoms with Crippen LogP contribution in [0.1, 0.15) is 23.6 Å². The highest BCUT2D eigenvalue weighted by Crippen LogP contribution is 2.14. The molecule has 2 aromatic carbocycles. The summed E-state index contributed by atoms with van der Waals surface area (Å²) >= 11 is 0. The summed E-state index contributed by atoms with van der Waals surface area (Å²) in [4.78, 5) is 14.4. The lowest BCUT2D eigenvalue weighted by atomic mass is 10.1. The van der Waals surface area contributed by atoms with Gasteiger partial charge in [0, 0.05) is 13.1 Å². The first-order chi connectivity index (χ1) is 10.6. The maximum Gasteiger partial charge on any atom is 0.227 e. The van der Waals surface area contributed by atoms with Gasteiger partial charge >= 0.3 is 0 Å². The van der Waals surface area contributed by atoms with Crippen LogP contribution < -0.4 is 4.74 Å². The van der Waals surface area contributed by atoms with Crippen LogP contribution in [0.25, 0.3) is 0 Å². The first kappa shape index (κ1) is 16.1. The minimum atomic E-state index is 0.149. The number of rotatable bonds is 6. The van der Waals surface area contributed by atoms with Gasteiger partial charge in [-0.05, 0) is 42.7 Å². The summed E-state index contributed by atoms with van der Waals surface area (Å²) in [5.74, 6) is 0.958. The maximum atomic E-state index is 12.5. The molecule has 2 rings (SSSR count). The topological polar surface area (TPSA) is 29.5 Å². The van der Waals surface area contributed by atoms with Gasteiger partial charge in [-0.25, -0.2) is 0 Å². The van der Waals surface area contributed by atoms with Crippen molar-refractivity contribution in [2.75, 3.05) is 13.7 Å². The Labute approximate surface area is 132 Å². The van der Waals surface area contributed by atoms with E-state index in [-0.39, 0.29) is 5.91 Å². The largest absolute Gasteiger partial charge is 0.497 e. The molecule has 0 atom stereocenters. The molecule has 2 aromatic rings. The number of hydrogen-bond donors (Lipinski definition) is 0. The Morgan fingerprint density at radius 2 is 1.77 bits per heavy atom. The van der Waals surface area contributed by atoms with Gasteiger partial charge in [-0.15, -0.1) is 0 Å². The molecule has 0 spiro atoms. The zero-order chi connectivity index (χ0) is 15.9. The van der Waals surface area contributed by atoms with Crippen LogP contribution in [0.4, 0.5) is 0 Å². The summed E-state index contributed by atoms with van der Waals surface area (Å²) in [6.45, 7) is 5.48. The summed E-state index contributed by atoms with van der Waals surface area (Å²) in [5, 5.41) is 0. The molecule has 0 heterocycles. The number of nitrogens with zero attached hydrogens (tertiary/aromatic N) is 1. The molecule has 0 N–H and O–H groups in total. The van der Waals surface area contributed by atoms with E-state index >= 15 is 0 Å². The molecule has 22 heavy (non-hydrogen) atoms. The highest BCUT2D eigenvalue weighted by atomic mass is 16.5. The third-order valence-electron chi connectivity index (χ3n) is 3.87. The average Bonchev–Trinajstić information content (AvgIpc) is 2.54. The van der Waals surface area contributed by atoms with E-state index in [0.717, 1.165) is 11.3 Å². The second-order valence-electron chi connectivity index (χ2n) is 5.36. The highest BCUT2D eigenvalue weighted by molar-refractivity contribution is 5.78. The number of likely N-dealkylation sites (N-methyl/N-ethyl adjacent to an activating group) is 1. The second kappa shape index (κ2) is 7.64. The number of carbonyl (C=O) groups excluding carboxylic acids is 1. The number of carbonyl (C=O) groups is 1. The van der Waals surface area contributed by atoms with Crippen LogP contribution in [0.5, 0.6) is 5.75 Å². The molecule has 0 aliphatic carbocycles. The molecule has 0 aliphatic heterocycles. The van der Waals surface area contributed by atoms with E-state index < -0.39 is 0 Å². The standard InChI is InChI=1S/C19H23NO2/c1-4-20(14-17-8-6-5-7-15(17)2)19(21)13-16-9-11-18(22-3)12-10-16/h5-12H,4,13-14H2,1-3H3. The summed E-state index contributed by atoms with van der Waals surface area (Å²) in [5.41, 5.74) is 3.43. The first-order valence-corrected chi connectivity index (χ1v) is 7.59. The second-order valence-corrected chi connectivity index (χ2v) is 5.36. The van der Waals surface area contributed by atoms with Crippen molar-refractivity contribution in [1.29, 1.82) is 0 Å². The van der Waals surface area contributed by atoms with Crippen molar-refractivity contribution in [2.45, 2.75) is 26.8 Å². The normalized spacial score (nSPS) is 10.3. The third-order valence-corrected chi connectivity index (χ3v) is 3.87. The fraction of sp³-hybridized carbons (Fsp3) is 0.316. The van der Waals surface area contributed by atoms with Crippen molar-refractivity contribution in [3.63, 3.8) is 0 Å². The molecule has 3 nitrogen and oxygen atoms in total. The van der Waals surface area contributed by atoms with Crippen LogP contribution >= 0.6 is 0 Å². The van der Waals surface area contributed by atoms with Crippen LogP contribution in [-0.4, -0.2) is 24.5 Å². The molecule has 0 bridgehead atoms. The van der Waals surface area contributed by atoms with Gasteiger partial charge in [0.1, 0.15) is 5.75 Å². The van der Waals surface area contributed by atoms with Crippen LogP contribution in [0, 0.1) is 6.92 Å². The molecule has 1 amide bonds. The van der Waals surface area contributed by atoms with Gasteiger partial charge in [-0.3, -0.25) is 4.79 Å². The van der Waals surface area contributed by atoms with E-state index in [4.69, 9.17) is 4.74 Å². The Balaban J connectivity index is 2.03. The van der Waals surface area contributed by atoms with Crippen molar-refractivity contribution >= 4 is 5.91 Å². The Morgan fingerprint density at radius 1 is 1.09 bits per heavy atom. The molecular formula is C19H23NO2. The van der Waals surface area contributed by atoms with Gasteiger partial charge < -0.3 is 9.64 Å². The van der Waals surface area contributed by atoms with Crippen molar-refractivity contribution in [3.05, 3.63) is 65.2 Å². The van der Waals surface area contributed by atoms with Crippen molar-refractivity contribution < 1.29 is 9.53 Å². The zero-order valence-corrected chi connectivity index (χ0v) is 13.5. The van der Waals surface area contributed by atoms with Gasteiger partial charge in [-0.1, -0.05) is 36.4 Å². The summed E-state index contributed by atoms with van der Waals surface area (Å²) < 4.78 is 5.14. The third kappa shape index (κ3) is 4.10. The fourth-order valence-corrected chi connectivity index (χ4v) is 2.40. The number of aryl methyl sites for hydroxylation is 1. The lowest BCUT2D eigenvalue weighted by molar-refractivity contribution is -0.130.